The van der Waals surface area contributed by atoms with Crippen molar-refractivity contribution in [1.29, 1.82) is 0 Å². The lowest BCUT2D eigenvalue weighted by atomic mass is 10.4. The third kappa shape index (κ3) is 2.10. The molecule has 0 aromatic heterocycles. The van der Waals surface area contributed by atoms with Crippen LogP contribution in [0, 0.1) is 0 Å². The Morgan fingerprint density at radius 2 is 1.60 bits per heavy atom. The van der Waals surface area contributed by atoms with E-state index in [0.29, 0.717) is 0 Å². The van der Waals surface area contributed by atoms with Gasteiger partial charge in [-0.2, -0.15) is 5.50 Å². The van der Waals surface area contributed by atoms with Crippen LogP contribution in [-0.2, 0) is 0 Å². The standard InChI is InChI=1S/C6H7Cl2NP/c7-10(8,9)6-4-2-1-3-5-6/h1-5H,9H2/q+1. The molecule has 1 nitrogen and oxygen atoms in total. The molecule has 0 aliphatic carbocycles. The van der Waals surface area contributed by atoms with Gasteiger partial charge in [-0.1, -0.05) is 18.2 Å². The van der Waals surface area contributed by atoms with Gasteiger partial charge in [0.1, 0.15) is 27.8 Å². The van der Waals surface area contributed by atoms with Crippen molar-refractivity contribution < 1.29 is 0 Å². The first-order valence-electron chi connectivity index (χ1n) is 2.73. The van der Waals surface area contributed by atoms with E-state index >= 15 is 0 Å². The van der Waals surface area contributed by atoms with Crippen LogP contribution in [0.1, 0.15) is 0 Å². The van der Waals surface area contributed by atoms with Crippen LogP contribution in [0.3, 0.4) is 0 Å². The lowest BCUT2D eigenvalue weighted by molar-refractivity contribution is 1.76. The molecule has 0 unspecified atom stereocenters. The summed E-state index contributed by atoms with van der Waals surface area (Å²) in [6.45, 7) is 0. The molecule has 4 heteroatoms. The Morgan fingerprint density at radius 1 is 1.10 bits per heavy atom. The van der Waals surface area contributed by atoms with Crippen molar-refractivity contribution in [3.8, 4) is 0 Å². The number of hydrogen-bond acceptors (Lipinski definition) is 1. The molecular formula is C6H7Cl2NP+. The lowest BCUT2D eigenvalue weighted by Gasteiger charge is -1.99. The molecule has 0 atom stereocenters. The summed E-state index contributed by atoms with van der Waals surface area (Å²) in [5.74, 6) is 0. The summed E-state index contributed by atoms with van der Waals surface area (Å²) in [4.78, 5) is 0. The van der Waals surface area contributed by atoms with Gasteiger partial charge < -0.3 is 0 Å². The molecule has 0 saturated carbocycles. The number of hydrogen-bond donors (Lipinski definition) is 1. The summed E-state index contributed by atoms with van der Waals surface area (Å²) in [7, 11) is 0. The van der Waals surface area contributed by atoms with Crippen LogP contribution in [-0.4, -0.2) is 0 Å². The van der Waals surface area contributed by atoms with Crippen molar-refractivity contribution in [2.75, 3.05) is 0 Å². The average molecular weight is 195 g/mol. The molecule has 2 N–H and O–H groups in total. The van der Waals surface area contributed by atoms with Crippen molar-refractivity contribution in [2.24, 2.45) is 5.50 Å². The zero-order valence-electron chi connectivity index (χ0n) is 5.17. The Balaban J connectivity index is 2.97. The van der Waals surface area contributed by atoms with E-state index in [0.717, 1.165) is 5.30 Å². The fourth-order valence-corrected chi connectivity index (χ4v) is 1.87. The Bertz CT molecular complexity index is 207. The minimum atomic E-state index is -2.32. The van der Waals surface area contributed by atoms with Crippen LogP contribution < -0.4 is 10.8 Å². The van der Waals surface area contributed by atoms with Gasteiger partial charge in [-0.25, -0.2) is 0 Å². The fourth-order valence-electron chi connectivity index (χ4n) is 0.627. The van der Waals surface area contributed by atoms with Crippen molar-refractivity contribution in [3.63, 3.8) is 0 Å². The Labute approximate surface area is 70.1 Å². The summed E-state index contributed by atoms with van der Waals surface area (Å²) in [6.07, 6.45) is -2.32. The molecular weight excluding hydrogens is 188 g/mol. The average Bonchev–Trinajstić information content (AvgIpc) is 1.88. The number of rotatable bonds is 1. The predicted octanol–water partition coefficient (Wildman–Crippen LogP) is 2.51. The normalized spacial score (nSPS) is 11.5. The van der Waals surface area contributed by atoms with E-state index in [9.17, 15) is 0 Å². The molecule has 1 aromatic carbocycles. The van der Waals surface area contributed by atoms with Crippen molar-refractivity contribution >= 4 is 33.9 Å². The van der Waals surface area contributed by atoms with Gasteiger partial charge in [-0.05, 0) is 12.1 Å². The topological polar surface area (TPSA) is 26.0 Å². The molecule has 10 heavy (non-hydrogen) atoms. The van der Waals surface area contributed by atoms with Crippen molar-refractivity contribution in [1.82, 2.24) is 0 Å². The van der Waals surface area contributed by atoms with Crippen molar-refractivity contribution in [3.05, 3.63) is 30.3 Å². The molecule has 0 bridgehead atoms. The molecule has 0 heterocycles. The van der Waals surface area contributed by atoms with E-state index in [-0.39, 0.29) is 0 Å². The third-order valence-electron chi connectivity index (χ3n) is 1.10. The second-order valence-corrected chi connectivity index (χ2v) is 7.24. The highest BCUT2D eigenvalue weighted by molar-refractivity contribution is 8.20. The Kier molecular flexibility index (Phi) is 2.54. The second kappa shape index (κ2) is 3.06. The highest BCUT2D eigenvalue weighted by Gasteiger charge is 2.31. The second-order valence-electron chi connectivity index (χ2n) is 1.89. The molecule has 0 aliphatic rings. The van der Waals surface area contributed by atoms with Crippen LogP contribution in [0.2, 0.25) is 0 Å². The zero-order chi connectivity index (χ0) is 7.61. The zero-order valence-corrected chi connectivity index (χ0v) is 7.57. The van der Waals surface area contributed by atoms with Crippen LogP contribution >= 0.6 is 28.6 Å². The molecule has 1 rings (SSSR count). The first-order chi connectivity index (χ1) is 4.61. The number of halogens is 2. The van der Waals surface area contributed by atoms with Gasteiger partial charge in [0, 0.05) is 0 Å². The summed E-state index contributed by atoms with van der Waals surface area (Å²) in [6, 6.07) is 9.28. The highest BCUT2D eigenvalue weighted by atomic mass is 35.9. The molecule has 0 amide bonds. The summed E-state index contributed by atoms with van der Waals surface area (Å²) in [5.41, 5.74) is 5.50. The smallest absolute Gasteiger partial charge is 0.170 e. The molecule has 0 fully saturated rings. The summed E-state index contributed by atoms with van der Waals surface area (Å²) < 4.78 is 0. The van der Waals surface area contributed by atoms with Crippen LogP contribution in [0.25, 0.3) is 0 Å². The van der Waals surface area contributed by atoms with Gasteiger partial charge in [-0.3, -0.25) is 0 Å². The van der Waals surface area contributed by atoms with Gasteiger partial charge >= 0.3 is 6.12 Å². The molecule has 54 valence electrons. The quantitative estimate of drug-likeness (QED) is 0.684. The van der Waals surface area contributed by atoms with Gasteiger partial charge in [0.2, 0.25) is 0 Å². The van der Waals surface area contributed by atoms with E-state index in [1.54, 1.807) is 0 Å². The minimum absolute atomic E-state index is 0.818. The summed E-state index contributed by atoms with van der Waals surface area (Å²) >= 11 is 11.4. The molecule has 1 aromatic rings. The first-order valence-corrected chi connectivity index (χ1v) is 6.40. The van der Waals surface area contributed by atoms with E-state index < -0.39 is 6.12 Å². The van der Waals surface area contributed by atoms with E-state index in [1.165, 1.54) is 0 Å². The van der Waals surface area contributed by atoms with Gasteiger partial charge in [0.25, 0.3) is 0 Å². The summed E-state index contributed by atoms with van der Waals surface area (Å²) in [5, 5.41) is 0.818. The molecule has 0 aliphatic heterocycles. The minimum Gasteiger partial charge on any atom is -0.170 e. The molecule has 0 spiro atoms. The van der Waals surface area contributed by atoms with Crippen LogP contribution in [0.4, 0.5) is 0 Å². The van der Waals surface area contributed by atoms with Crippen LogP contribution in [0.5, 0.6) is 0 Å². The highest BCUT2D eigenvalue weighted by Crippen LogP contribution is 2.59. The maximum Gasteiger partial charge on any atom is 0.308 e. The maximum absolute atomic E-state index is 5.71. The van der Waals surface area contributed by atoms with Gasteiger partial charge in [0.15, 0.2) is 0 Å². The monoisotopic (exact) mass is 194 g/mol. The van der Waals surface area contributed by atoms with E-state index in [4.69, 9.17) is 28.0 Å². The Morgan fingerprint density at radius 3 is 1.90 bits per heavy atom. The largest absolute Gasteiger partial charge is 0.308 e. The van der Waals surface area contributed by atoms with Crippen LogP contribution in [0.15, 0.2) is 30.3 Å². The predicted molar refractivity (Wildman–Crippen MR) is 48.9 cm³/mol. The Hall–Kier alpha value is 0.190. The molecule has 0 saturated heterocycles. The van der Waals surface area contributed by atoms with E-state index in [1.807, 2.05) is 30.3 Å². The third-order valence-corrected chi connectivity index (χ3v) is 3.26. The first kappa shape index (κ1) is 8.29. The van der Waals surface area contributed by atoms with E-state index in [2.05, 4.69) is 0 Å². The van der Waals surface area contributed by atoms with Gasteiger partial charge in [0.05, 0.1) is 0 Å². The number of benzene rings is 1. The number of nitrogens with two attached hydrogens (primary N) is 1. The fraction of sp³-hybridized carbons (Fsp3) is 0. The molecule has 0 radical (unpaired) electrons. The van der Waals surface area contributed by atoms with Crippen molar-refractivity contribution in [2.45, 2.75) is 0 Å². The van der Waals surface area contributed by atoms with Gasteiger partial charge in [-0.15, -0.1) is 0 Å². The lowest BCUT2D eigenvalue weighted by Crippen LogP contribution is -2.07. The maximum atomic E-state index is 5.71. The SMILES string of the molecule is N[P+](Cl)(Cl)c1ccccc1.